The predicted octanol–water partition coefficient (Wildman–Crippen LogP) is 2.24. The third kappa shape index (κ3) is 4.14. The lowest BCUT2D eigenvalue weighted by molar-refractivity contribution is -0.120. The molecular weight excluding hydrogens is 314 g/mol. The Bertz CT molecular complexity index is 726. The Balaban J connectivity index is 1.56. The Hall–Kier alpha value is -2.47. The van der Waals surface area contributed by atoms with Crippen molar-refractivity contribution < 1.29 is 4.79 Å². The minimum absolute atomic E-state index is 0.0383. The quantitative estimate of drug-likeness (QED) is 0.926. The topological polar surface area (TPSA) is 61.4 Å². The molecule has 6 heteroatoms. The lowest BCUT2D eigenvalue weighted by Crippen LogP contribution is -2.53. The zero-order valence-corrected chi connectivity index (χ0v) is 15.1. The van der Waals surface area contributed by atoms with E-state index in [0.717, 1.165) is 43.4 Å². The van der Waals surface area contributed by atoms with E-state index in [4.69, 9.17) is 0 Å². The molecule has 1 aliphatic rings. The number of piperazine rings is 1. The summed E-state index contributed by atoms with van der Waals surface area (Å²) in [6, 6.07) is 7.73. The van der Waals surface area contributed by atoms with Gasteiger partial charge in [0.2, 0.25) is 11.9 Å². The molecule has 132 valence electrons. The Morgan fingerprint density at radius 1 is 1.12 bits per heavy atom. The number of hydrogen-bond acceptors (Lipinski definition) is 5. The third-order valence-corrected chi connectivity index (χ3v) is 4.72. The average molecular weight is 339 g/mol. The molecule has 1 fully saturated rings. The van der Waals surface area contributed by atoms with Gasteiger partial charge in [-0.05, 0) is 38.5 Å². The van der Waals surface area contributed by atoms with Gasteiger partial charge in [0.1, 0.15) is 0 Å². The molecule has 3 rings (SSSR count). The SMILES string of the molecule is Cc1ccc(NC(=O)C(C)N2CCN(c3ncccn3)CC2)c(C)c1. The van der Waals surface area contributed by atoms with Crippen molar-refractivity contribution in [3.8, 4) is 0 Å². The molecule has 0 spiro atoms. The van der Waals surface area contributed by atoms with Gasteiger partial charge in [-0.2, -0.15) is 0 Å². The standard InChI is InChI=1S/C19H25N5O/c1-14-5-6-17(15(2)13-14)22-18(25)16(3)23-9-11-24(12-10-23)19-20-7-4-8-21-19/h4-8,13,16H,9-12H2,1-3H3,(H,22,25). The van der Waals surface area contributed by atoms with Crippen molar-refractivity contribution in [2.24, 2.45) is 0 Å². The minimum Gasteiger partial charge on any atom is -0.338 e. The van der Waals surface area contributed by atoms with E-state index >= 15 is 0 Å². The number of nitrogens with one attached hydrogen (secondary N) is 1. The summed E-state index contributed by atoms with van der Waals surface area (Å²) in [6.45, 7) is 9.33. The Kier molecular flexibility index (Phi) is 5.28. The largest absolute Gasteiger partial charge is 0.338 e. The fourth-order valence-electron chi connectivity index (χ4n) is 3.12. The molecule has 6 nitrogen and oxygen atoms in total. The first-order chi connectivity index (χ1) is 12.0. The van der Waals surface area contributed by atoms with Gasteiger partial charge in [-0.25, -0.2) is 9.97 Å². The van der Waals surface area contributed by atoms with Gasteiger partial charge < -0.3 is 10.2 Å². The third-order valence-electron chi connectivity index (χ3n) is 4.72. The van der Waals surface area contributed by atoms with Crippen LogP contribution in [0.3, 0.4) is 0 Å². The van der Waals surface area contributed by atoms with Crippen molar-refractivity contribution in [3.63, 3.8) is 0 Å². The van der Waals surface area contributed by atoms with Crippen LogP contribution in [-0.4, -0.2) is 53.0 Å². The Labute approximate surface area is 148 Å². The van der Waals surface area contributed by atoms with Crippen LogP contribution < -0.4 is 10.2 Å². The van der Waals surface area contributed by atoms with Gasteiger partial charge in [0.05, 0.1) is 6.04 Å². The number of nitrogens with zero attached hydrogens (tertiary/aromatic N) is 4. The van der Waals surface area contributed by atoms with Crippen molar-refractivity contribution in [1.82, 2.24) is 14.9 Å². The van der Waals surface area contributed by atoms with Crippen molar-refractivity contribution in [2.45, 2.75) is 26.8 Å². The molecule has 0 radical (unpaired) electrons. The second kappa shape index (κ2) is 7.61. The fourth-order valence-corrected chi connectivity index (χ4v) is 3.12. The van der Waals surface area contributed by atoms with Crippen molar-refractivity contribution >= 4 is 17.5 Å². The maximum Gasteiger partial charge on any atom is 0.241 e. The summed E-state index contributed by atoms with van der Waals surface area (Å²) in [5.41, 5.74) is 3.17. The van der Waals surface area contributed by atoms with E-state index in [1.54, 1.807) is 12.4 Å². The van der Waals surface area contributed by atoms with Gasteiger partial charge in [-0.1, -0.05) is 17.7 Å². The summed E-state index contributed by atoms with van der Waals surface area (Å²) in [5, 5.41) is 3.06. The number of aryl methyl sites for hydroxylation is 2. The van der Waals surface area contributed by atoms with Crippen LogP contribution in [0.5, 0.6) is 0 Å². The van der Waals surface area contributed by atoms with E-state index in [0.29, 0.717) is 0 Å². The monoisotopic (exact) mass is 339 g/mol. The zero-order valence-electron chi connectivity index (χ0n) is 15.1. The molecule has 25 heavy (non-hydrogen) atoms. The fraction of sp³-hybridized carbons (Fsp3) is 0.421. The second-order valence-corrected chi connectivity index (χ2v) is 6.56. The molecule has 1 saturated heterocycles. The second-order valence-electron chi connectivity index (χ2n) is 6.56. The highest BCUT2D eigenvalue weighted by Gasteiger charge is 2.26. The number of hydrogen-bond donors (Lipinski definition) is 1. The summed E-state index contributed by atoms with van der Waals surface area (Å²) < 4.78 is 0. The Morgan fingerprint density at radius 2 is 1.80 bits per heavy atom. The Morgan fingerprint density at radius 3 is 2.44 bits per heavy atom. The smallest absolute Gasteiger partial charge is 0.241 e. The molecule has 1 N–H and O–H groups in total. The maximum absolute atomic E-state index is 12.6. The molecule has 2 heterocycles. The molecule has 2 aromatic rings. The number of carbonyl (C=O) groups is 1. The lowest BCUT2D eigenvalue weighted by atomic mass is 10.1. The number of carbonyl (C=O) groups excluding carboxylic acids is 1. The number of aromatic nitrogens is 2. The zero-order chi connectivity index (χ0) is 17.8. The molecule has 1 amide bonds. The first-order valence-electron chi connectivity index (χ1n) is 8.69. The van der Waals surface area contributed by atoms with Gasteiger partial charge in [-0.15, -0.1) is 0 Å². The predicted molar refractivity (Wildman–Crippen MR) is 99.8 cm³/mol. The van der Waals surface area contributed by atoms with Gasteiger partial charge >= 0.3 is 0 Å². The van der Waals surface area contributed by atoms with Crippen LogP contribution in [0.4, 0.5) is 11.6 Å². The number of rotatable bonds is 4. The average Bonchev–Trinajstić information content (AvgIpc) is 2.64. The van der Waals surface area contributed by atoms with E-state index in [1.165, 1.54) is 5.56 Å². The van der Waals surface area contributed by atoms with Crippen molar-refractivity contribution in [3.05, 3.63) is 47.8 Å². The first kappa shape index (κ1) is 17.4. The summed E-state index contributed by atoms with van der Waals surface area (Å²) in [4.78, 5) is 25.6. The van der Waals surface area contributed by atoms with E-state index < -0.39 is 0 Å². The van der Waals surface area contributed by atoms with E-state index in [-0.39, 0.29) is 11.9 Å². The van der Waals surface area contributed by atoms with Gasteiger partial charge in [-0.3, -0.25) is 9.69 Å². The van der Waals surface area contributed by atoms with Crippen LogP contribution >= 0.6 is 0 Å². The van der Waals surface area contributed by atoms with Crippen LogP contribution in [0.2, 0.25) is 0 Å². The summed E-state index contributed by atoms with van der Waals surface area (Å²) >= 11 is 0. The van der Waals surface area contributed by atoms with E-state index in [1.807, 2.05) is 32.0 Å². The van der Waals surface area contributed by atoms with Crippen LogP contribution in [0.1, 0.15) is 18.1 Å². The van der Waals surface area contributed by atoms with Crippen molar-refractivity contribution in [1.29, 1.82) is 0 Å². The lowest BCUT2D eigenvalue weighted by Gasteiger charge is -2.37. The van der Waals surface area contributed by atoms with Crippen LogP contribution in [0, 0.1) is 13.8 Å². The molecule has 1 atom stereocenters. The van der Waals surface area contributed by atoms with E-state index in [9.17, 15) is 4.79 Å². The van der Waals surface area contributed by atoms with E-state index in [2.05, 4.69) is 38.1 Å². The minimum atomic E-state index is -0.167. The highest BCUT2D eigenvalue weighted by atomic mass is 16.2. The molecular formula is C19H25N5O. The highest BCUT2D eigenvalue weighted by Crippen LogP contribution is 2.18. The molecule has 0 aliphatic carbocycles. The summed E-state index contributed by atoms with van der Waals surface area (Å²) in [6.07, 6.45) is 3.52. The first-order valence-corrected chi connectivity index (χ1v) is 8.69. The van der Waals surface area contributed by atoms with Gasteiger partial charge in [0.15, 0.2) is 0 Å². The summed E-state index contributed by atoms with van der Waals surface area (Å²) in [7, 11) is 0. The van der Waals surface area contributed by atoms with Gasteiger partial charge in [0.25, 0.3) is 0 Å². The molecule has 0 saturated carbocycles. The van der Waals surface area contributed by atoms with Gasteiger partial charge in [0, 0.05) is 44.3 Å². The number of benzene rings is 1. The number of amides is 1. The molecule has 1 aliphatic heterocycles. The molecule has 1 aromatic carbocycles. The van der Waals surface area contributed by atoms with Crippen LogP contribution in [0.25, 0.3) is 0 Å². The highest BCUT2D eigenvalue weighted by molar-refractivity contribution is 5.95. The summed E-state index contributed by atoms with van der Waals surface area (Å²) in [5.74, 6) is 0.797. The van der Waals surface area contributed by atoms with Crippen LogP contribution in [-0.2, 0) is 4.79 Å². The molecule has 0 bridgehead atoms. The normalized spacial score (nSPS) is 16.5. The number of anilines is 2. The van der Waals surface area contributed by atoms with Crippen molar-refractivity contribution in [2.75, 3.05) is 36.4 Å². The molecule has 1 unspecified atom stereocenters. The maximum atomic E-state index is 12.6. The van der Waals surface area contributed by atoms with Crippen LogP contribution in [0.15, 0.2) is 36.7 Å². The molecule has 1 aromatic heterocycles.